The van der Waals surface area contributed by atoms with Crippen molar-refractivity contribution in [1.82, 2.24) is 15.3 Å². The third kappa shape index (κ3) is 3.60. The first-order valence-electron chi connectivity index (χ1n) is 6.17. The number of aromatic nitrogens is 2. The van der Waals surface area contributed by atoms with Crippen LogP contribution in [0.15, 0.2) is 22.2 Å². The molecule has 1 saturated carbocycles. The first kappa shape index (κ1) is 13.1. The molecular weight excluding hydrogens is 250 g/mol. The molecule has 1 atom stereocenters. The second-order valence-electron chi connectivity index (χ2n) is 4.49. The van der Waals surface area contributed by atoms with E-state index in [1.54, 1.807) is 0 Å². The molecular formula is C12H17N3O2S. The van der Waals surface area contributed by atoms with Crippen LogP contribution < -0.4 is 10.9 Å². The molecule has 1 heterocycles. The molecule has 18 heavy (non-hydrogen) atoms. The molecule has 6 heteroatoms. The van der Waals surface area contributed by atoms with Crippen LogP contribution in [0.5, 0.6) is 0 Å². The van der Waals surface area contributed by atoms with E-state index in [0.29, 0.717) is 11.2 Å². The van der Waals surface area contributed by atoms with Crippen molar-refractivity contribution < 1.29 is 4.79 Å². The number of nitrogens with zero attached hydrogens (tertiary/aromatic N) is 1. The van der Waals surface area contributed by atoms with Crippen molar-refractivity contribution >= 4 is 17.7 Å². The smallest absolute Gasteiger partial charge is 0.251 e. The highest BCUT2D eigenvalue weighted by molar-refractivity contribution is 8.00. The maximum atomic E-state index is 11.9. The molecule has 1 fully saturated rings. The lowest BCUT2D eigenvalue weighted by Crippen LogP contribution is -2.37. The summed E-state index contributed by atoms with van der Waals surface area (Å²) in [4.78, 5) is 29.7. The van der Waals surface area contributed by atoms with E-state index in [9.17, 15) is 9.59 Å². The minimum atomic E-state index is -0.254. The Hall–Kier alpha value is -1.30. The number of nitrogens with one attached hydrogen (secondary N) is 2. The van der Waals surface area contributed by atoms with Gasteiger partial charge < -0.3 is 10.3 Å². The number of hydrogen-bond donors (Lipinski definition) is 2. The molecule has 1 amide bonds. The Bertz CT molecular complexity index is 468. The van der Waals surface area contributed by atoms with E-state index < -0.39 is 0 Å². The van der Waals surface area contributed by atoms with Crippen molar-refractivity contribution in [2.45, 2.75) is 49.1 Å². The summed E-state index contributed by atoms with van der Waals surface area (Å²) in [6.07, 6.45) is 5.98. The predicted octanol–water partition coefficient (Wildman–Crippen LogP) is 1.31. The average Bonchev–Trinajstić information content (AvgIpc) is 2.81. The predicted molar refractivity (Wildman–Crippen MR) is 70.6 cm³/mol. The molecule has 0 aliphatic heterocycles. The quantitative estimate of drug-likeness (QED) is 0.637. The van der Waals surface area contributed by atoms with E-state index in [1.165, 1.54) is 36.9 Å². The molecule has 1 aromatic heterocycles. The molecule has 1 aliphatic rings. The summed E-state index contributed by atoms with van der Waals surface area (Å²) in [6, 6.07) is 1.68. The SMILES string of the molecule is C[C@H](Sc1nccc(=O)[nH]1)C(=O)NC1CCCC1. The first-order chi connectivity index (χ1) is 8.65. The Labute approximate surface area is 110 Å². The van der Waals surface area contributed by atoms with E-state index >= 15 is 0 Å². The number of thioether (sulfide) groups is 1. The van der Waals surface area contributed by atoms with Gasteiger partial charge in [-0.2, -0.15) is 0 Å². The van der Waals surface area contributed by atoms with Crippen molar-refractivity contribution in [1.29, 1.82) is 0 Å². The van der Waals surface area contributed by atoms with Crippen LogP contribution in [0.2, 0.25) is 0 Å². The third-order valence-electron chi connectivity index (χ3n) is 3.01. The van der Waals surface area contributed by atoms with E-state index in [-0.39, 0.29) is 16.7 Å². The fourth-order valence-corrected chi connectivity index (χ4v) is 2.81. The van der Waals surface area contributed by atoms with Gasteiger partial charge >= 0.3 is 0 Å². The highest BCUT2D eigenvalue weighted by Gasteiger charge is 2.21. The number of hydrogen-bond acceptors (Lipinski definition) is 4. The lowest BCUT2D eigenvalue weighted by Gasteiger charge is -2.15. The highest BCUT2D eigenvalue weighted by atomic mass is 32.2. The fourth-order valence-electron chi connectivity index (χ4n) is 2.02. The number of H-pyrrole nitrogens is 1. The lowest BCUT2D eigenvalue weighted by atomic mass is 10.2. The maximum Gasteiger partial charge on any atom is 0.251 e. The van der Waals surface area contributed by atoms with E-state index in [0.717, 1.165) is 12.8 Å². The molecule has 5 nitrogen and oxygen atoms in total. The number of rotatable bonds is 4. The molecule has 1 aromatic rings. The third-order valence-corrected chi connectivity index (χ3v) is 4.01. The van der Waals surface area contributed by atoms with Gasteiger partial charge in [-0.1, -0.05) is 24.6 Å². The Kier molecular flexibility index (Phi) is 4.41. The van der Waals surface area contributed by atoms with Gasteiger partial charge in [-0.05, 0) is 19.8 Å². The zero-order valence-electron chi connectivity index (χ0n) is 10.3. The number of aromatic amines is 1. The fraction of sp³-hybridized carbons (Fsp3) is 0.583. The molecule has 98 valence electrons. The van der Waals surface area contributed by atoms with Crippen molar-refractivity contribution in [3.05, 3.63) is 22.6 Å². The van der Waals surface area contributed by atoms with Crippen LogP contribution in [0.4, 0.5) is 0 Å². The van der Waals surface area contributed by atoms with Crippen LogP contribution >= 0.6 is 11.8 Å². The van der Waals surface area contributed by atoms with Crippen LogP contribution in [-0.2, 0) is 4.79 Å². The molecule has 0 aromatic carbocycles. The topological polar surface area (TPSA) is 74.8 Å². The molecule has 0 bridgehead atoms. The Morgan fingerprint density at radius 3 is 2.94 bits per heavy atom. The van der Waals surface area contributed by atoms with Gasteiger partial charge in [-0.25, -0.2) is 4.98 Å². The molecule has 0 saturated heterocycles. The van der Waals surface area contributed by atoms with Gasteiger partial charge in [-0.3, -0.25) is 9.59 Å². The Morgan fingerprint density at radius 2 is 2.28 bits per heavy atom. The largest absolute Gasteiger partial charge is 0.352 e. The van der Waals surface area contributed by atoms with E-state index in [2.05, 4.69) is 15.3 Å². The van der Waals surface area contributed by atoms with E-state index in [4.69, 9.17) is 0 Å². The summed E-state index contributed by atoms with van der Waals surface area (Å²) in [6.45, 7) is 1.82. The van der Waals surface area contributed by atoms with Crippen LogP contribution in [0.3, 0.4) is 0 Å². The Balaban J connectivity index is 1.88. The van der Waals surface area contributed by atoms with Crippen molar-refractivity contribution in [3.8, 4) is 0 Å². The molecule has 1 aliphatic carbocycles. The van der Waals surface area contributed by atoms with Gasteiger partial charge in [0.15, 0.2) is 5.16 Å². The summed E-state index contributed by atoms with van der Waals surface area (Å²) in [5.74, 6) is 0.0124. The summed E-state index contributed by atoms with van der Waals surface area (Å²) in [5, 5.41) is 3.26. The van der Waals surface area contributed by atoms with Gasteiger partial charge in [-0.15, -0.1) is 0 Å². The minimum Gasteiger partial charge on any atom is -0.352 e. The van der Waals surface area contributed by atoms with Gasteiger partial charge in [0.2, 0.25) is 5.91 Å². The number of amides is 1. The summed E-state index contributed by atoms with van der Waals surface area (Å²) in [7, 11) is 0. The van der Waals surface area contributed by atoms with Gasteiger partial charge in [0.25, 0.3) is 5.56 Å². The minimum absolute atomic E-state index is 0.0124. The second kappa shape index (κ2) is 6.04. The van der Waals surface area contributed by atoms with Crippen molar-refractivity contribution in [3.63, 3.8) is 0 Å². The standard InChI is InChI=1S/C12H17N3O2S/c1-8(11(17)14-9-4-2-3-5-9)18-12-13-7-6-10(16)15-12/h6-9H,2-5H2,1H3,(H,14,17)(H,13,15,16)/t8-/m0/s1. The van der Waals surface area contributed by atoms with Gasteiger partial charge in [0, 0.05) is 18.3 Å². The molecule has 0 radical (unpaired) electrons. The van der Waals surface area contributed by atoms with Gasteiger partial charge in [0.05, 0.1) is 5.25 Å². The second-order valence-corrected chi connectivity index (χ2v) is 5.82. The first-order valence-corrected chi connectivity index (χ1v) is 7.05. The zero-order valence-corrected chi connectivity index (χ0v) is 11.1. The number of carbonyl (C=O) groups excluding carboxylic acids is 1. The van der Waals surface area contributed by atoms with E-state index in [1.807, 2.05) is 6.92 Å². The van der Waals surface area contributed by atoms with Crippen LogP contribution in [0.25, 0.3) is 0 Å². The normalized spacial score (nSPS) is 17.6. The molecule has 2 N–H and O–H groups in total. The maximum absolute atomic E-state index is 11.9. The van der Waals surface area contributed by atoms with Crippen molar-refractivity contribution in [2.75, 3.05) is 0 Å². The lowest BCUT2D eigenvalue weighted by molar-refractivity contribution is -0.120. The zero-order chi connectivity index (χ0) is 13.0. The van der Waals surface area contributed by atoms with Crippen LogP contribution in [-0.4, -0.2) is 27.2 Å². The molecule has 2 rings (SSSR count). The van der Waals surface area contributed by atoms with Crippen LogP contribution in [0.1, 0.15) is 32.6 Å². The Morgan fingerprint density at radius 1 is 1.56 bits per heavy atom. The highest BCUT2D eigenvalue weighted by Crippen LogP contribution is 2.21. The summed E-state index contributed by atoms with van der Waals surface area (Å²) >= 11 is 1.27. The van der Waals surface area contributed by atoms with Gasteiger partial charge in [0.1, 0.15) is 0 Å². The molecule has 0 unspecified atom stereocenters. The molecule has 0 spiro atoms. The number of carbonyl (C=O) groups is 1. The monoisotopic (exact) mass is 267 g/mol. The van der Waals surface area contributed by atoms with Crippen LogP contribution in [0, 0.1) is 0 Å². The van der Waals surface area contributed by atoms with Crippen molar-refractivity contribution in [2.24, 2.45) is 0 Å². The average molecular weight is 267 g/mol. The summed E-state index contributed by atoms with van der Waals surface area (Å²) in [5.41, 5.74) is -0.198. The summed E-state index contributed by atoms with van der Waals surface area (Å²) < 4.78 is 0.